The first-order valence-electron chi connectivity index (χ1n) is 3.85. The van der Waals surface area contributed by atoms with Gasteiger partial charge in [-0.1, -0.05) is 0 Å². The molecular weight excluding hydrogens is 156 g/mol. The van der Waals surface area contributed by atoms with Crippen molar-refractivity contribution in [1.29, 1.82) is 0 Å². The van der Waals surface area contributed by atoms with E-state index in [0.29, 0.717) is 24.6 Å². The molecule has 0 amide bonds. The fraction of sp³-hybridized carbons (Fsp3) is 0.375. The van der Waals surface area contributed by atoms with Crippen LogP contribution in [-0.2, 0) is 0 Å². The maximum atomic E-state index is 11.3. The highest BCUT2D eigenvalue weighted by Crippen LogP contribution is 2.17. The summed E-state index contributed by atoms with van der Waals surface area (Å²) in [6.07, 6.45) is 4.28. The molecule has 4 heteroatoms. The molecule has 0 radical (unpaired) electrons. The van der Waals surface area contributed by atoms with Crippen molar-refractivity contribution in [2.24, 2.45) is 0 Å². The van der Waals surface area contributed by atoms with Gasteiger partial charge in [-0.15, -0.1) is 0 Å². The number of rotatable bonds is 0. The van der Waals surface area contributed by atoms with Gasteiger partial charge in [0.25, 0.3) is 0 Å². The molecule has 0 aliphatic carbocycles. The standard InChI is InChI=1S/C8H8N2O2/c11-6-2-1-5-12-8-7(6)9-3-4-10-8/h3-4H,1-2,5H2. The Morgan fingerprint density at radius 1 is 1.33 bits per heavy atom. The maximum absolute atomic E-state index is 11.3. The first-order valence-corrected chi connectivity index (χ1v) is 3.85. The van der Waals surface area contributed by atoms with Crippen molar-refractivity contribution in [2.75, 3.05) is 6.61 Å². The third-order valence-electron chi connectivity index (χ3n) is 1.72. The van der Waals surface area contributed by atoms with Crippen LogP contribution >= 0.6 is 0 Å². The zero-order valence-electron chi connectivity index (χ0n) is 6.49. The molecule has 1 aliphatic rings. The Labute approximate surface area is 69.6 Å². The molecule has 0 saturated heterocycles. The van der Waals surface area contributed by atoms with E-state index in [-0.39, 0.29) is 5.78 Å². The van der Waals surface area contributed by atoms with Gasteiger partial charge in [-0.25, -0.2) is 9.97 Å². The molecule has 1 aromatic heterocycles. The Morgan fingerprint density at radius 3 is 3.08 bits per heavy atom. The van der Waals surface area contributed by atoms with Crippen LogP contribution in [0.5, 0.6) is 5.88 Å². The molecule has 2 rings (SSSR count). The number of fused-ring (bicyclic) bond motifs is 1. The van der Waals surface area contributed by atoms with Crippen molar-refractivity contribution < 1.29 is 9.53 Å². The molecule has 2 heterocycles. The molecule has 12 heavy (non-hydrogen) atoms. The summed E-state index contributed by atoms with van der Waals surface area (Å²) >= 11 is 0. The van der Waals surface area contributed by atoms with Gasteiger partial charge in [0.1, 0.15) is 0 Å². The van der Waals surface area contributed by atoms with Crippen LogP contribution in [0.25, 0.3) is 0 Å². The second-order valence-corrected chi connectivity index (χ2v) is 2.59. The van der Waals surface area contributed by atoms with Gasteiger partial charge in [-0.2, -0.15) is 0 Å². The first kappa shape index (κ1) is 7.21. The molecule has 0 saturated carbocycles. The molecule has 1 aliphatic heterocycles. The first-order chi connectivity index (χ1) is 5.88. The van der Waals surface area contributed by atoms with Gasteiger partial charge in [0, 0.05) is 18.8 Å². The van der Waals surface area contributed by atoms with Crippen LogP contribution in [0.1, 0.15) is 23.3 Å². The van der Waals surface area contributed by atoms with Crippen LogP contribution in [0.3, 0.4) is 0 Å². The molecule has 0 atom stereocenters. The number of ketones is 1. The Bertz CT molecular complexity index is 312. The van der Waals surface area contributed by atoms with E-state index in [1.54, 1.807) is 0 Å². The van der Waals surface area contributed by atoms with E-state index in [4.69, 9.17) is 4.74 Å². The largest absolute Gasteiger partial charge is 0.476 e. The van der Waals surface area contributed by atoms with Gasteiger partial charge in [0.05, 0.1) is 6.61 Å². The van der Waals surface area contributed by atoms with E-state index >= 15 is 0 Å². The molecule has 0 spiro atoms. The molecular formula is C8H8N2O2. The van der Waals surface area contributed by atoms with Crippen molar-refractivity contribution in [3.63, 3.8) is 0 Å². The number of hydrogen-bond donors (Lipinski definition) is 0. The average Bonchev–Trinajstić information content (AvgIpc) is 2.29. The summed E-state index contributed by atoms with van der Waals surface area (Å²) in [6, 6.07) is 0. The van der Waals surface area contributed by atoms with Gasteiger partial charge < -0.3 is 4.74 Å². The zero-order valence-corrected chi connectivity index (χ0v) is 6.49. The fourth-order valence-corrected chi connectivity index (χ4v) is 1.14. The number of carbonyl (C=O) groups excluding carboxylic acids is 1. The van der Waals surface area contributed by atoms with Crippen LogP contribution in [0.2, 0.25) is 0 Å². The van der Waals surface area contributed by atoms with E-state index in [9.17, 15) is 4.79 Å². The zero-order chi connectivity index (χ0) is 8.39. The normalized spacial score (nSPS) is 16.2. The lowest BCUT2D eigenvalue weighted by Crippen LogP contribution is -2.01. The highest BCUT2D eigenvalue weighted by molar-refractivity contribution is 5.96. The smallest absolute Gasteiger partial charge is 0.243 e. The Balaban J connectivity index is 2.46. The van der Waals surface area contributed by atoms with Crippen molar-refractivity contribution in [1.82, 2.24) is 9.97 Å². The number of carbonyl (C=O) groups is 1. The minimum atomic E-state index is 0.0237. The second-order valence-electron chi connectivity index (χ2n) is 2.59. The number of ether oxygens (including phenoxy) is 1. The summed E-state index contributed by atoms with van der Waals surface area (Å²) in [6.45, 7) is 0.553. The minimum absolute atomic E-state index is 0.0237. The predicted octanol–water partition coefficient (Wildman–Crippen LogP) is 0.832. The van der Waals surface area contributed by atoms with E-state index in [2.05, 4.69) is 9.97 Å². The molecule has 0 unspecified atom stereocenters. The predicted molar refractivity (Wildman–Crippen MR) is 41.1 cm³/mol. The number of aromatic nitrogens is 2. The highest BCUT2D eigenvalue weighted by atomic mass is 16.5. The van der Waals surface area contributed by atoms with Gasteiger partial charge >= 0.3 is 0 Å². The van der Waals surface area contributed by atoms with Crippen LogP contribution in [0.15, 0.2) is 12.4 Å². The number of Topliss-reactive ketones (excluding diaryl/α,β-unsaturated/α-hetero) is 1. The lowest BCUT2D eigenvalue weighted by Gasteiger charge is -2.00. The third-order valence-corrected chi connectivity index (χ3v) is 1.72. The lowest BCUT2D eigenvalue weighted by molar-refractivity contribution is 0.0978. The Morgan fingerprint density at radius 2 is 2.17 bits per heavy atom. The summed E-state index contributed by atoms with van der Waals surface area (Å²) in [5.41, 5.74) is 0.370. The van der Waals surface area contributed by atoms with Crippen molar-refractivity contribution in [3.05, 3.63) is 18.1 Å². The van der Waals surface area contributed by atoms with E-state index < -0.39 is 0 Å². The third kappa shape index (κ3) is 1.15. The quantitative estimate of drug-likeness (QED) is 0.570. The Kier molecular flexibility index (Phi) is 1.74. The average molecular weight is 164 g/mol. The summed E-state index contributed by atoms with van der Waals surface area (Å²) in [5.74, 6) is 0.399. The topological polar surface area (TPSA) is 52.1 Å². The molecule has 4 nitrogen and oxygen atoms in total. The monoisotopic (exact) mass is 164 g/mol. The number of nitrogens with zero attached hydrogens (tertiary/aromatic N) is 2. The van der Waals surface area contributed by atoms with Crippen molar-refractivity contribution >= 4 is 5.78 Å². The van der Waals surface area contributed by atoms with Crippen molar-refractivity contribution in [2.45, 2.75) is 12.8 Å². The SMILES string of the molecule is O=C1CCCOc2nccnc21. The van der Waals surface area contributed by atoms with E-state index in [1.165, 1.54) is 12.4 Å². The second kappa shape index (κ2) is 2.89. The van der Waals surface area contributed by atoms with Gasteiger partial charge in [0.2, 0.25) is 5.88 Å². The maximum Gasteiger partial charge on any atom is 0.243 e. The molecule has 0 N–H and O–H groups in total. The van der Waals surface area contributed by atoms with Gasteiger partial charge in [0.15, 0.2) is 11.5 Å². The van der Waals surface area contributed by atoms with Crippen LogP contribution in [0, 0.1) is 0 Å². The van der Waals surface area contributed by atoms with Crippen molar-refractivity contribution in [3.8, 4) is 5.88 Å². The Hall–Kier alpha value is -1.45. The van der Waals surface area contributed by atoms with E-state index in [0.717, 1.165) is 6.42 Å². The highest BCUT2D eigenvalue weighted by Gasteiger charge is 2.18. The summed E-state index contributed by atoms with van der Waals surface area (Å²) in [7, 11) is 0. The van der Waals surface area contributed by atoms with Gasteiger partial charge in [-0.05, 0) is 6.42 Å². The fourth-order valence-electron chi connectivity index (χ4n) is 1.14. The number of hydrogen-bond acceptors (Lipinski definition) is 4. The van der Waals surface area contributed by atoms with Crippen LogP contribution < -0.4 is 4.74 Å². The molecule has 0 bridgehead atoms. The summed E-state index contributed by atoms with van der Waals surface area (Å²) in [5, 5.41) is 0. The molecule has 0 fully saturated rings. The summed E-state index contributed by atoms with van der Waals surface area (Å²) < 4.78 is 5.22. The van der Waals surface area contributed by atoms with Crippen LogP contribution in [0.4, 0.5) is 0 Å². The molecule has 0 aromatic carbocycles. The van der Waals surface area contributed by atoms with Crippen LogP contribution in [-0.4, -0.2) is 22.4 Å². The lowest BCUT2D eigenvalue weighted by atomic mass is 10.2. The van der Waals surface area contributed by atoms with E-state index in [1.807, 2.05) is 0 Å². The molecule has 1 aromatic rings. The molecule has 62 valence electrons. The summed E-state index contributed by atoms with van der Waals surface area (Å²) in [4.78, 5) is 19.2. The minimum Gasteiger partial charge on any atom is -0.476 e. The van der Waals surface area contributed by atoms with Gasteiger partial charge in [-0.3, -0.25) is 4.79 Å².